The molecule has 1 aromatic heterocycles. The lowest BCUT2D eigenvalue weighted by atomic mass is 10.1. The van der Waals surface area contributed by atoms with E-state index in [1.807, 2.05) is 0 Å². The summed E-state index contributed by atoms with van der Waals surface area (Å²) in [6.45, 7) is 1.57. The Hall–Kier alpha value is -1.54. The number of hydrogen-bond acceptors (Lipinski definition) is 4. The van der Waals surface area contributed by atoms with Crippen molar-refractivity contribution in [1.29, 1.82) is 0 Å². The number of carboxylic acid groups (broad SMARTS) is 1. The van der Waals surface area contributed by atoms with Gasteiger partial charge in [-0.25, -0.2) is 17.5 Å². The van der Waals surface area contributed by atoms with Crippen molar-refractivity contribution in [2.75, 3.05) is 6.54 Å². The summed E-state index contributed by atoms with van der Waals surface area (Å²) in [5.41, 5.74) is 0. The molecule has 0 spiro atoms. The SMILES string of the molecule is CCCC(CNS(=O)(=O)c1cncc(F)c1)C(=O)O. The second kappa shape index (κ2) is 6.58. The lowest BCUT2D eigenvalue weighted by Gasteiger charge is -2.12. The zero-order chi connectivity index (χ0) is 14.5. The van der Waals surface area contributed by atoms with Crippen LogP contribution in [-0.2, 0) is 14.8 Å². The van der Waals surface area contributed by atoms with Gasteiger partial charge < -0.3 is 5.11 Å². The molecule has 0 saturated carbocycles. The monoisotopic (exact) mass is 290 g/mol. The summed E-state index contributed by atoms with van der Waals surface area (Å²) in [4.78, 5) is 14.0. The molecule has 1 unspecified atom stereocenters. The summed E-state index contributed by atoms with van der Waals surface area (Å²) in [7, 11) is -3.95. The highest BCUT2D eigenvalue weighted by molar-refractivity contribution is 7.89. The topological polar surface area (TPSA) is 96.4 Å². The molecule has 0 saturated heterocycles. The van der Waals surface area contributed by atoms with E-state index in [1.54, 1.807) is 6.92 Å². The van der Waals surface area contributed by atoms with Gasteiger partial charge in [-0.2, -0.15) is 0 Å². The average molecular weight is 290 g/mol. The van der Waals surface area contributed by atoms with Gasteiger partial charge in [-0.15, -0.1) is 0 Å². The molecule has 19 heavy (non-hydrogen) atoms. The number of aromatic nitrogens is 1. The van der Waals surface area contributed by atoms with E-state index in [0.717, 1.165) is 18.5 Å². The Bertz CT molecular complexity index is 547. The van der Waals surface area contributed by atoms with Crippen molar-refractivity contribution in [2.24, 2.45) is 5.92 Å². The fourth-order valence-corrected chi connectivity index (χ4v) is 2.55. The fraction of sp³-hybridized carbons (Fsp3) is 0.455. The minimum atomic E-state index is -3.95. The third kappa shape index (κ3) is 4.56. The second-order valence-corrected chi connectivity index (χ2v) is 5.78. The number of carboxylic acids is 1. The number of aliphatic carboxylic acids is 1. The molecule has 0 aliphatic heterocycles. The highest BCUT2D eigenvalue weighted by atomic mass is 32.2. The molecule has 1 aromatic rings. The molecule has 2 N–H and O–H groups in total. The Morgan fingerprint density at radius 1 is 1.53 bits per heavy atom. The zero-order valence-electron chi connectivity index (χ0n) is 10.3. The van der Waals surface area contributed by atoms with Crippen LogP contribution in [0.15, 0.2) is 23.4 Å². The highest BCUT2D eigenvalue weighted by Crippen LogP contribution is 2.11. The van der Waals surface area contributed by atoms with Crippen LogP contribution in [0.1, 0.15) is 19.8 Å². The van der Waals surface area contributed by atoms with E-state index in [2.05, 4.69) is 9.71 Å². The van der Waals surface area contributed by atoms with Gasteiger partial charge in [0.15, 0.2) is 0 Å². The molecular formula is C11H15FN2O4S. The van der Waals surface area contributed by atoms with Crippen molar-refractivity contribution in [1.82, 2.24) is 9.71 Å². The van der Waals surface area contributed by atoms with Crippen molar-refractivity contribution in [3.8, 4) is 0 Å². The maximum Gasteiger partial charge on any atom is 0.307 e. The van der Waals surface area contributed by atoms with Crippen molar-refractivity contribution in [2.45, 2.75) is 24.7 Å². The van der Waals surface area contributed by atoms with Gasteiger partial charge in [0.25, 0.3) is 0 Å². The number of nitrogens with zero attached hydrogens (tertiary/aromatic N) is 1. The van der Waals surface area contributed by atoms with E-state index in [9.17, 15) is 17.6 Å². The lowest BCUT2D eigenvalue weighted by molar-refractivity contribution is -0.141. The minimum Gasteiger partial charge on any atom is -0.481 e. The van der Waals surface area contributed by atoms with Gasteiger partial charge in [0, 0.05) is 12.7 Å². The molecule has 106 valence electrons. The quantitative estimate of drug-likeness (QED) is 0.781. The van der Waals surface area contributed by atoms with E-state index in [-0.39, 0.29) is 11.4 Å². The number of rotatable bonds is 7. The van der Waals surface area contributed by atoms with Gasteiger partial charge in [-0.1, -0.05) is 13.3 Å². The van der Waals surface area contributed by atoms with E-state index in [0.29, 0.717) is 12.8 Å². The Balaban J connectivity index is 2.77. The smallest absolute Gasteiger partial charge is 0.307 e. The first-order valence-corrected chi connectivity index (χ1v) is 7.18. The molecular weight excluding hydrogens is 275 g/mol. The lowest BCUT2D eigenvalue weighted by Crippen LogP contribution is -2.33. The van der Waals surface area contributed by atoms with Crippen LogP contribution in [0.25, 0.3) is 0 Å². The summed E-state index contributed by atoms with van der Waals surface area (Å²) >= 11 is 0. The van der Waals surface area contributed by atoms with Gasteiger partial charge in [0.05, 0.1) is 12.1 Å². The van der Waals surface area contributed by atoms with Crippen LogP contribution in [0.5, 0.6) is 0 Å². The largest absolute Gasteiger partial charge is 0.481 e. The highest BCUT2D eigenvalue weighted by Gasteiger charge is 2.21. The molecule has 8 heteroatoms. The van der Waals surface area contributed by atoms with Gasteiger partial charge in [0.1, 0.15) is 10.7 Å². The van der Waals surface area contributed by atoms with Crippen molar-refractivity contribution in [3.63, 3.8) is 0 Å². The van der Waals surface area contributed by atoms with Gasteiger partial charge in [-0.05, 0) is 12.5 Å². The van der Waals surface area contributed by atoms with Crippen molar-refractivity contribution in [3.05, 3.63) is 24.3 Å². The molecule has 6 nitrogen and oxygen atoms in total. The number of nitrogens with one attached hydrogen (secondary N) is 1. The molecule has 0 aliphatic rings. The third-order valence-electron chi connectivity index (χ3n) is 2.50. The van der Waals surface area contributed by atoms with Gasteiger partial charge >= 0.3 is 5.97 Å². The number of hydrogen-bond donors (Lipinski definition) is 2. The summed E-state index contributed by atoms with van der Waals surface area (Å²) in [6, 6.07) is 0.824. The number of halogens is 1. The first-order valence-electron chi connectivity index (χ1n) is 5.70. The van der Waals surface area contributed by atoms with E-state index in [1.165, 1.54) is 0 Å². The van der Waals surface area contributed by atoms with Gasteiger partial charge in [0.2, 0.25) is 10.0 Å². The molecule has 0 bridgehead atoms. The molecule has 1 atom stereocenters. The predicted octanol–water partition coefficient (Wildman–Crippen LogP) is 1.000. The van der Waals surface area contributed by atoms with Crippen LogP contribution in [0.2, 0.25) is 0 Å². The van der Waals surface area contributed by atoms with Crippen LogP contribution in [0.3, 0.4) is 0 Å². The Morgan fingerprint density at radius 2 is 2.21 bits per heavy atom. The van der Waals surface area contributed by atoms with Crippen LogP contribution in [0, 0.1) is 11.7 Å². The minimum absolute atomic E-state index is 0.234. The predicted molar refractivity (Wildman–Crippen MR) is 65.4 cm³/mol. The van der Waals surface area contributed by atoms with Crippen LogP contribution < -0.4 is 4.72 Å². The summed E-state index contributed by atoms with van der Waals surface area (Å²) < 4.78 is 38.7. The Kier molecular flexibility index (Phi) is 5.37. The average Bonchev–Trinajstić information content (AvgIpc) is 2.34. The fourth-order valence-electron chi connectivity index (χ4n) is 1.49. The Morgan fingerprint density at radius 3 is 2.74 bits per heavy atom. The van der Waals surface area contributed by atoms with Crippen molar-refractivity contribution >= 4 is 16.0 Å². The van der Waals surface area contributed by atoms with Crippen LogP contribution in [-0.4, -0.2) is 31.0 Å². The maximum absolute atomic E-state index is 12.9. The molecule has 0 fully saturated rings. The molecule has 0 amide bonds. The number of sulfonamides is 1. The summed E-state index contributed by atoms with van der Waals surface area (Å²) in [5, 5.41) is 8.91. The van der Waals surface area contributed by atoms with Gasteiger partial charge in [-0.3, -0.25) is 9.78 Å². The Labute approximate surface area is 110 Å². The first kappa shape index (κ1) is 15.5. The van der Waals surface area contributed by atoms with Crippen molar-refractivity contribution < 1.29 is 22.7 Å². The van der Waals surface area contributed by atoms with Crippen LogP contribution >= 0.6 is 0 Å². The standard InChI is InChI=1S/C11H15FN2O4S/c1-2-3-8(11(15)16)5-14-19(17,18)10-4-9(12)6-13-7-10/h4,6-8,14H,2-3,5H2,1H3,(H,15,16). The molecule has 0 aromatic carbocycles. The number of carbonyl (C=O) groups is 1. The summed E-state index contributed by atoms with van der Waals surface area (Å²) in [5.74, 6) is -2.64. The third-order valence-corrected chi connectivity index (χ3v) is 3.89. The van der Waals surface area contributed by atoms with Crippen LogP contribution in [0.4, 0.5) is 4.39 Å². The van der Waals surface area contributed by atoms with E-state index < -0.39 is 27.7 Å². The molecule has 0 aliphatic carbocycles. The maximum atomic E-state index is 12.9. The zero-order valence-corrected chi connectivity index (χ0v) is 11.2. The van der Waals surface area contributed by atoms with E-state index in [4.69, 9.17) is 5.11 Å². The normalized spacial score (nSPS) is 13.2. The van der Waals surface area contributed by atoms with E-state index >= 15 is 0 Å². The molecule has 1 rings (SSSR count). The first-order chi connectivity index (χ1) is 8.86. The molecule has 0 radical (unpaired) electrons. The molecule has 1 heterocycles. The number of pyridine rings is 1. The summed E-state index contributed by atoms with van der Waals surface area (Å²) in [6.07, 6.45) is 2.87. The second-order valence-electron chi connectivity index (χ2n) is 4.01.